The molecule has 1 aromatic heterocycles. The number of hydrogen-bond donors (Lipinski definition) is 0. The zero-order valence-corrected chi connectivity index (χ0v) is 26.4. The third-order valence-electron chi connectivity index (χ3n) is 8.38. The first kappa shape index (κ1) is 31.2. The number of rotatable bonds is 11. The second-order valence-corrected chi connectivity index (χ2v) is 11.6. The van der Waals surface area contributed by atoms with E-state index in [0.29, 0.717) is 36.8 Å². The number of amides is 1. The SMILES string of the molecule is C=CCCc1ccc(C(=O)N2CCc3ccc(C(CC(=O)OCC)c4ccc5c(nnn5C/C=C/C)c4C)cc3C2)c(Cl)c1. The summed E-state index contributed by atoms with van der Waals surface area (Å²) in [7, 11) is 0. The highest BCUT2D eigenvalue weighted by Gasteiger charge is 2.27. The number of aryl methyl sites for hydroxylation is 2. The molecule has 0 bridgehead atoms. The lowest BCUT2D eigenvalue weighted by atomic mass is 9.83. The number of allylic oxidation sites excluding steroid dienone is 3. The van der Waals surface area contributed by atoms with E-state index in [4.69, 9.17) is 16.3 Å². The monoisotopic (exact) mass is 610 g/mol. The summed E-state index contributed by atoms with van der Waals surface area (Å²) in [4.78, 5) is 28.3. The molecule has 228 valence electrons. The zero-order chi connectivity index (χ0) is 31.2. The van der Waals surface area contributed by atoms with Crippen molar-refractivity contribution in [1.29, 1.82) is 0 Å². The van der Waals surface area contributed by atoms with Gasteiger partial charge in [-0.1, -0.05) is 65.4 Å². The summed E-state index contributed by atoms with van der Waals surface area (Å²) < 4.78 is 7.27. The second kappa shape index (κ2) is 14.0. The predicted molar refractivity (Wildman–Crippen MR) is 175 cm³/mol. The molecule has 0 radical (unpaired) electrons. The van der Waals surface area contributed by atoms with Gasteiger partial charge < -0.3 is 9.64 Å². The van der Waals surface area contributed by atoms with Crippen LogP contribution in [0.15, 0.2) is 73.3 Å². The van der Waals surface area contributed by atoms with Gasteiger partial charge in [0.05, 0.1) is 35.7 Å². The van der Waals surface area contributed by atoms with Crippen LogP contribution in [-0.2, 0) is 35.5 Å². The molecule has 1 atom stereocenters. The number of fused-ring (bicyclic) bond motifs is 2. The lowest BCUT2D eigenvalue weighted by Gasteiger charge is -2.30. The number of esters is 1. The molecule has 0 spiro atoms. The minimum absolute atomic E-state index is 0.0771. The smallest absolute Gasteiger partial charge is 0.306 e. The number of ether oxygens (including phenoxy) is 1. The van der Waals surface area contributed by atoms with E-state index < -0.39 is 0 Å². The zero-order valence-electron chi connectivity index (χ0n) is 25.7. The maximum Gasteiger partial charge on any atom is 0.306 e. The Kier molecular flexibility index (Phi) is 9.95. The normalized spacial score (nSPS) is 13.7. The van der Waals surface area contributed by atoms with Crippen LogP contribution in [0.25, 0.3) is 11.0 Å². The van der Waals surface area contributed by atoms with E-state index in [-0.39, 0.29) is 24.2 Å². The Morgan fingerprint density at radius 1 is 1.14 bits per heavy atom. The molecule has 0 aliphatic carbocycles. The van der Waals surface area contributed by atoms with Crippen LogP contribution < -0.4 is 0 Å². The number of carbonyl (C=O) groups excluding carboxylic acids is 2. The first-order valence-corrected chi connectivity index (χ1v) is 15.6. The Bertz CT molecular complexity index is 1720. The van der Waals surface area contributed by atoms with E-state index in [1.54, 1.807) is 0 Å². The van der Waals surface area contributed by atoms with Crippen molar-refractivity contribution in [3.8, 4) is 0 Å². The molecule has 1 aliphatic heterocycles. The number of hydrogen-bond acceptors (Lipinski definition) is 5. The Morgan fingerprint density at radius 2 is 1.98 bits per heavy atom. The Morgan fingerprint density at radius 3 is 2.73 bits per heavy atom. The van der Waals surface area contributed by atoms with Gasteiger partial charge in [-0.3, -0.25) is 9.59 Å². The standard InChI is InChI=1S/C36H39ClN4O3/c1-5-8-10-25-11-14-30(32(37)20-25)36(43)40-19-17-26-12-13-27(21-28(26)23-40)31(22-34(42)44-7-3)29-15-16-33-35(24(29)4)38-39-41(33)18-9-6-2/h5-6,9,11-16,20-21,31H,1,7-8,10,17-19,22-23H2,2-4H3/b9-6+. The van der Waals surface area contributed by atoms with Crippen molar-refractivity contribution in [2.24, 2.45) is 0 Å². The minimum Gasteiger partial charge on any atom is -0.466 e. The van der Waals surface area contributed by atoms with Gasteiger partial charge in [-0.15, -0.1) is 11.7 Å². The number of aromatic nitrogens is 3. The van der Waals surface area contributed by atoms with Gasteiger partial charge in [-0.05, 0) is 91.6 Å². The Labute approximate surface area is 264 Å². The molecule has 0 fully saturated rings. The van der Waals surface area contributed by atoms with Gasteiger partial charge in [0.15, 0.2) is 0 Å². The second-order valence-electron chi connectivity index (χ2n) is 11.2. The van der Waals surface area contributed by atoms with Crippen LogP contribution in [0, 0.1) is 6.92 Å². The first-order chi connectivity index (χ1) is 21.3. The fraction of sp³-hybridized carbons (Fsp3) is 0.333. The molecule has 3 aromatic carbocycles. The van der Waals surface area contributed by atoms with E-state index in [1.807, 2.05) is 72.8 Å². The van der Waals surface area contributed by atoms with Crippen molar-refractivity contribution in [3.05, 3.63) is 117 Å². The molecule has 44 heavy (non-hydrogen) atoms. The van der Waals surface area contributed by atoms with Crippen LogP contribution in [0.2, 0.25) is 5.02 Å². The van der Waals surface area contributed by atoms with Gasteiger partial charge in [0.2, 0.25) is 0 Å². The van der Waals surface area contributed by atoms with Crippen LogP contribution in [0.4, 0.5) is 0 Å². The van der Waals surface area contributed by atoms with Crippen molar-refractivity contribution in [2.45, 2.75) is 65.5 Å². The van der Waals surface area contributed by atoms with Crippen LogP contribution in [-0.4, -0.2) is 44.9 Å². The third kappa shape index (κ3) is 6.63. The summed E-state index contributed by atoms with van der Waals surface area (Å²) >= 11 is 6.58. The molecular weight excluding hydrogens is 572 g/mol. The Hall–Kier alpha value is -4.23. The summed E-state index contributed by atoms with van der Waals surface area (Å²) in [6.45, 7) is 11.7. The maximum absolute atomic E-state index is 13.6. The molecule has 1 aliphatic rings. The molecule has 4 aromatic rings. The minimum atomic E-state index is -0.255. The van der Waals surface area contributed by atoms with E-state index in [9.17, 15) is 9.59 Å². The number of nitrogens with zero attached hydrogens (tertiary/aromatic N) is 4. The average molecular weight is 611 g/mol. The van der Waals surface area contributed by atoms with E-state index in [0.717, 1.165) is 58.1 Å². The van der Waals surface area contributed by atoms with Crippen LogP contribution in [0.5, 0.6) is 0 Å². The lowest BCUT2D eigenvalue weighted by Crippen LogP contribution is -2.36. The summed E-state index contributed by atoms with van der Waals surface area (Å²) in [5.41, 5.74) is 8.65. The summed E-state index contributed by atoms with van der Waals surface area (Å²) in [6, 6.07) is 16.2. The van der Waals surface area contributed by atoms with Crippen LogP contribution >= 0.6 is 11.6 Å². The quantitative estimate of drug-likeness (QED) is 0.131. The molecule has 2 heterocycles. The molecule has 1 unspecified atom stereocenters. The summed E-state index contributed by atoms with van der Waals surface area (Å²) in [6.07, 6.45) is 8.55. The number of halogens is 1. The Balaban J connectivity index is 1.45. The highest BCUT2D eigenvalue weighted by Crippen LogP contribution is 2.36. The van der Waals surface area contributed by atoms with Crippen LogP contribution in [0.1, 0.15) is 76.3 Å². The maximum atomic E-state index is 13.6. The average Bonchev–Trinajstić information content (AvgIpc) is 3.45. The van der Waals surface area contributed by atoms with Crippen molar-refractivity contribution >= 4 is 34.5 Å². The van der Waals surface area contributed by atoms with Gasteiger partial charge >= 0.3 is 5.97 Å². The summed E-state index contributed by atoms with van der Waals surface area (Å²) in [5.74, 6) is -0.575. The fourth-order valence-corrected chi connectivity index (χ4v) is 6.27. The molecule has 0 saturated carbocycles. The van der Waals surface area contributed by atoms with Gasteiger partial charge in [0.1, 0.15) is 5.52 Å². The van der Waals surface area contributed by atoms with Crippen molar-refractivity contribution in [3.63, 3.8) is 0 Å². The van der Waals surface area contributed by atoms with Gasteiger partial charge in [0.25, 0.3) is 5.91 Å². The van der Waals surface area contributed by atoms with Gasteiger partial charge in [0, 0.05) is 19.0 Å². The van der Waals surface area contributed by atoms with Gasteiger partial charge in [-0.25, -0.2) is 4.68 Å². The van der Waals surface area contributed by atoms with Crippen LogP contribution in [0.3, 0.4) is 0 Å². The molecule has 5 rings (SSSR count). The van der Waals surface area contributed by atoms with E-state index in [2.05, 4.69) is 41.2 Å². The van der Waals surface area contributed by atoms with Crippen molar-refractivity contribution in [2.75, 3.05) is 13.2 Å². The largest absolute Gasteiger partial charge is 0.466 e. The highest BCUT2D eigenvalue weighted by atomic mass is 35.5. The highest BCUT2D eigenvalue weighted by molar-refractivity contribution is 6.33. The first-order valence-electron chi connectivity index (χ1n) is 15.2. The third-order valence-corrected chi connectivity index (χ3v) is 8.69. The predicted octanol–water partition coefficient (Wildman–Crippen LogP) is 7.37. The topological polar surface area (TPSA) is 77.3 Å². The van der Waals surface area contributed by atoms with E-state index in [1.165, 1.54) is 5.56 Å². The lowest BCUT2D eigenvalue weighted by molar-refractivity contribution is -0.143. The number of carbonyl (C=O) groups is 2. The van der Waals surface area contributed by atoms with E-state index >= 15 is 0 Å². The fourth-order valence-electron chi connectivity index (χ4n) is 5.99. The van der Waals surface area contributed by atoms with Crippen molar-refractivity contribution in [1.82, 2.24) is 19.9 Å². The molecule has 1 amide bonds. The number of benzene rings is 3. The van der Waals surface area contributed by atoms with Gasteiger partial charge in [-0.2, -0.15) is 0 Å². The molecule has 0 saturated heterocycles. The molecular formula is C36H39ClN4O3. The van der Waals surface area contributed by atoms with Crippen molar-refractivity contribution < 1.29 is 14.3 Å². The summed E-state index contributed by atoms with van der Waals surface area (Å²) in [5, 5.41) is 9.32. The molecule has 0 N–H and O–H groups in total. The molecule has 7 nitrogen and oxygen atoms in total. The molecule has 8 heteroatoms.